The largest absolute Gasteiger partial charge is 0.298 e. The van der Waals surface area contributed by atoms with Crippen LogP contribution in [-0.2, 0) is 12.8 Å². The van der Waals surface area contributed by atoms with E-state index in [4.69, 9.17) is 9.97 Å². The van der Waals surface area contributed by atoms with Gasteiger partial charge in [-0.2, -0.15) is 0 Å². The van der Waals surface area contributed by atoms with Gasteiger partial charge >= 0.3 is 0 Å². The molecule has 49 heavy (non-hydrogen) atoms. The van der Waals surface area contributed by atoms with Gasteiger partial charge in [-0.1, -0.05) is 121 Å². The predicted molar refractivity (Wildman–Crippen MR) is 203 cm³/mol. The van der Waals surface area contributed by atoms with E-state index in [-0.39, 0.29) is 0 Å². The summed E-state index contributed by atoms with van der Waals surface area (Å²) in [6.07, 6.45) is 6.61. The molecule has 0 bridgehead atoms. The van der Waals surface area contributed by atoms with Crippen molar-refractivity contribution in [2.75, 3.05) is 0 Å². The van der Waals surface area contributed by atoms with Crippen molar-refractivity contribution in [3.05, 3.63) is 175 Å². The third-order valence-corrected chi connectivity index (χ3v) is 9.89. The zero-order valence-electron chi connectivity index (χ0n) is 27.3. The second-order valence-electron chi connectivity index (χ2n) is 12.9. The maximum Gasteiger partial charge on any atom is 0.144 e. The first-order valence-electron chi connectivity index (χ1n) is 17.2. The maximum atomic E-state index is 5.23. The quantitative estimate of drug-likeness (QED) is 0.183. The summed E-state index contributed by atoms with van der Waals surface area (Å²) in [7, 11) is 0. The van der Waals surface area contributed by atoms with Crippen LogP contribution in [0.1, 0.15) is 24.1 Å². The van der Waals surface area contributed by atoms with Crippen molar-refractivity contribution in [1.29, 1.82) is 0 Å². The fraction of sp³-hybridized carbons (Fsp3) is 0.0870. The van der Waals surface area contributed by atoms with E-state index in [9.17, 15) is 0 Å². The third-order valence-electron chi connectivity index (χ3n) is 9.89. The summed E-state index contributed by atoms with van der Waals surface area (Å²) in [6, 6.07) is 56.3. The predicted octanol–water partition coefficient (Wildman–Crippen LogP) is 11.6. The number of aromatic nitrogens is 3. The Hall–Kier alpha value is -6.06. The molecule has 8 aromatic rings. The first-order valence-corrected chi connectivity index (χ1v) is 17.2. The highest BCUT2D eigenvalue weighted by atomic mass is 15.1. The molecule has 0 saturated carbocycles. The van der Waals surface area contributed by atoms with Crippen molar-refractivity contribution in [1.82, 2.24) is 14.5 Å². The number of pyridine rings is 2. The van der Waals surface area contributed by atoms with Crippen LogP contribution in [0.3, 0.4) is 0 Å². The molecule has 1 aliphatic rings. The summed E-state index contributed by atoms with van der Waals surface area (Å²) in [5, 5.41) is 1.29. The summed E-state index contributed by atoms with van der Waals surface area (Å²) >= 11 is 0. The first-order chi connectivity index (χ1) is 24.3. The van der Waals surface area contributed by atoms with Gasteiger partial charge in [0.1, 0.15) is 5.65 Å². The van der Waals surface area contributed by atoms with E-state index in [0.717, 1.165) is 57.8 Å². The first kappa shape index (κ1) is 29.1. The van der Waals surface area contributed by atoms with Crippen molar-refractivity contribution in [3.8, 4) is 61.6 Å². The van der Waals surface area contributed by atoms with Gasteiger partial charge in [0, 0.05) is 34.1 Å². The third kappa shape index (κ3) is 5.54. The molecular weight excluding hydrogens is 595 g/mol. The highest BCUT2D eigenvalue weighted by Crippen LogP contribution is 2.36. The van der Waals surface area contributed by atoms with E-state index in [2.05, 4.69) is 162 Å². The average Bonchev–Trinajstić information content (AvgIpc) is 3.53. The molecular formula is C46H35N3. The van der Waals surface area contributed by atoms with Crippen molar-refractivity contribution in [2.45, 2.75) is 25.7 Å². The molecule has 3 heterocycles. The second kappa shape index (κ2) is 12.5. The van der Waals surface area contributed by atoms with Gasteiger partial charge in [0.15, 0.2) is 0 Å². The molecule has 0 unspecified atom stereocenters. The zero-order chi connectivity index (χ0) is 32.6. The second-order valence-corrected chi connectivity index (χ2v) is 12.9. The van der Waals surface area contributed by atoms with E-state index < -0.39 is 0 Å². The van der Waals surface area contributed by atoms with E-state index in [1.165, 1.54) is 51.7 Å². The smallest absolute Gasteiger partial charge is 0.144 e. The molecule has 0 fully saturated rings. The molecule has 0 spiro atoms. The molecule has 3 nitrogen and oxygen atoms in total. The van der Waals surface area contributed by atoms with Gasteiger partial charge in [0.05, 0.1) is 11.4 Å². The van der Waals surface area contributed by atoms with Gasteiger partial charge in [-0.05, 0) is 101 Å². The van der Waals surface area contributed by atoms with E-state index in [1.54, 1.807) is 0 Å². The van der Waals surface area contributed by atoms with Crippen LogP contribution < -0.4 is 0 Å². The topological polar surface area (TPSA) is 30.7 Å². The average molecular weight is 630 g/mol. The Labute approximate surface area is 287 Å². The van der Waals surface area contributed by atoms with Crippen LogP contribution in [0.4, 0.5) is 0 Å². The molecule has 0 amide bonds. The number of benzene rings is 5. The van der Waals surface area contributed by atoms with Gasteiger partial charge < -0.3 is 0 Å². The zero-order valence-corrected chi connectivity index (χ0v) is 27.3. The number of fused-ring (bicyclic) bond motifs is 3. The Bertz CT molecular complexity index is 2290. The fourth-order valence-electron chi connectivity index (χ4n) is 7.37. The SMILES string of the molecule is c1ccc(-c2ccc(-c3cc(-c4ccc(-n5c6c(c7cccnc75)CCCC6)cc4)cc(-c4ccc(-c5ccccc5)cc4)n3)cc2)cc1. The molecule has 3 heteroatoms. The van der Waals surface area contributed by atoms with Crippen molar-refractivity contribution in [2.24, 2.45) is 0 Å². The summed E-state index contributed by atoms with van der Waals surface area (Å²) in [4.78, 5) is 10.1. The Morgan fingerprint density at radius 3 is 1.51 bits per heavy atom. The monoisotopic (exact) mass is 629 g/mol. The number of hydrogen-bond acceptors (Lipinski definition) is 2. The van der Waals surface area contributed by atoms with Gasteiger partial charge in [-0.3, -0.25) is 4.57 Å². The summed E-state index contributed by atoms with van der Waals surface area (Å²) in [6.45, 7) is 0. The maximum absolute atomic E-state index is 5.23. The van der Waals surface area contributed by atoms with Crippen LogP contribution in [0.15, 0.2) is 164 Å². The number of rotatable bonds is 6. The van der Waals surface area contributed by atoms with Crippen molar-refractivity contribution >= 4 is 11.0 Å². The van der Waals surface area contributed by atoms with Crippen LogP contribution in [0.5, 0.6) is 0 Å². The van der Waals surface area contributed by atoms with Crippen molar-refractivity contribution < 1.29 is 0 Å². The minimum Gasteiger partial charge on any atom is -0.298 e. The molecule has 1 aliphatic carbocycles. The minimum absolute atomic E-state index is 0.956. The molecule has 0 radical (unpaired) electrons. The molecule has 9 rings (SSSR count). The van der Waals surface area contributed by atoms with Crippen LogP contribution in [-0.4, -0.2) is 14.5 Å². The van der Waals surface area contributed by atoms with Gasteiger partial charge in [-0.15, -0.1) is 0 Å². The normalized spacial score (nSPS) is 12.6. The molecule has 3 aromatic heterocycles. The van der Waals surface area contributed by atoms with Crippen LogP contribution in [0.25, 0.3) is 72.6 Å². The van der Waals surface area contributed by atoms with Gasteiger partial charge in [-0.25, -0.2) is 9.97 Å². The van der Waals surface area contributed by atoms with Crippen LogP contribution in [0.2, 0.25) is 0 Å². The molecule has 0 saturated heterocycles. The molecule has 234 valence electrons. The summed E-state index contributed by atoms with van der Waals surface area (Å²) in [5.41, 5.74) is 16.3. The Balaban J connectivity index is 1.12. The lowest BCUT2D eigenvalue weighted by Gasteiger charge is -2.16. The lowest BCUT2D eigenvalue weighted by Crippen LogP contribution is -2.07. The van der Waals surface area contributed by atoms with E-state index >= 15 is 0 Å². The number of aryl methyl sites for hydroxylation is 1. The minimum atomic E-state index is 0.956. The standard InChI is InChI=1S/C46H35N3/c1-3-10-32(11-4-1)34-17-21-37(22-18-34)43-30-39(31-44(48-43)38-23-19-35(20-24-38)33-12-5-2-6-13-33)36-25-27-40(28-26-36)49-45-16-8-7-14-41(45)42-15-9-29-47-46(42)49/h1-6,9-13,15,17-31H,7-8,14,16H2. The molecule has 5 aromatic carbocycles. The van der Waals surface area contributed by atoms with Crippen LogP contribution >= 0.6 is 0 Å². The molecule has 0 N–H and O–H groups in total. The highest BCUT2D eigenvalue weighted by molar-refractivity contribution is 5.85. The summed E-state index contributed by atoms with van der Waals surface area (Å²) in [5.74, 6) is 0. The van der Waals surface area contributed by atoms with Crippen LogP contribution in [0, 0.1) is 0 Å². The van der Waals surface area contributed by atoms with Crippen molar-refractivity contribution in [3.63, 3.8) is 0 Å². The summed E-state index contributed by atoms with van der Waals surface area (Å²) < 4.78 is 2.39. The number of nitrogens with zero attached hydrogens (tertiary/aromatic N) is 3. The highest BCUT2D eigenvalue weighted by Gasteiger charge is 2.21. The fourth-order valence-corrected chi connectivity index (χ4v) is 7.37. The Morgan fingerprint density at radius 1 is 0.429 bits per heavy atom. The van der Waals surface area contributed by atoms with Gasteiger partial charge in [0.25, 0.3) is 0 Å². The van der Waals surface area contributed by atoms with Gasteiger partial charge in [0.2, 0.25) is 0 Å². The number of hydrogen-bond donors (Lipinski definition) is 0. The lowest BCUT2D eigenvalue weighted by atomic mass is 9.96. The molecule has 0 atom stereocenters. The van der Waals surface area contributed by atoms with E-state index in [0.29, 0.717) is 0 Å². The Morgan fingerprint density at radius 2 is 0.918 bits per heavy atom. The molecule has 0 aliphatic heterocycles. The van der Waals surface area contributed by atoms with E-state index in [1.807, 2.05) is 6.20 Å². The lowest BCUT2D eigenvalue weighted by molar-refractivity contribution is 0.666. The Kier molecular flexibility index (Phi) is 7.44.